The number of aromatic nitrogens is 2. The summed E-state index contributed by atoms with van der Waals surface area (Å²) >= 11 is 1.66. The van der Waals surface area contributed by atoms with E-state index in [-0.39, 0.29) is 0 Å². The van der Waals surface area contributed by atoms with Gasteiger partial charge in [-0.2, -0.15) is 0 Å². The quantitative estimate of drug-likeness (QED) is 0.892. The summed E-state index contributed by atoms with van der Waals surface area (Å²) in [5.74, 6) is 2.35. The smallest absolute Gasteiger partial charge is 0.205 e. The number of nitrogens with one attached hydrogen (secondary N) is 1. The van der Waals surface area contributed by atoms with E-state index < -0.39 is 0 Å². The van der Waals surface area contributed by atoms with Crippen molar-refractivity contribution < 1.29 is 0 Å². The van der Waals surface area contributed by atoms with Crippen molar-refractivity contribution in [3.8, 4) is 0 Å². The fraction of sp³-hybridized carbons (Fsp3) is 0.846. The molecule has 2 rings (SSSR count). The zero-order valence-electron chi connectivity index (χ0n) is 11.2. The highest BCUT2D eigenvalue weighted by Crippen LogP contribution is 2.35. The zero-order chi connectivity index (χ0) is 12.4. The molecule has 0 amide bonds. The summed E-state index contributed by atoms with van der Waals surface area (Å²) in [5, 5.41) is 13.9. The molecule has 0 aromatic carbocycles. The monoisotopic (exact) mass is 253 g/mol. The maximum absolute atomic E-state index is 4.19. The molecule has 17 heavy (non-hydrogen) atoms. The SMILES string of the molecule is Cc1nnc(NC2CC(C)CCC2C(C)C)s1. The molecule has 1 aliphatic carbocycles. The Labute approximate surface area is 108 Å². The van der Waals surface area contributed by atoms with Crippen LogP contribution in [0.25, 0.3) is 0 Å². The predicted octanol–water partition coefficient (Wildman–Crippen LogP) is 3.72. The number of hydrogen-bond acceptors (Lipinski definition) is 4. The summed E-state index contributed by atoms with van der Waals surface area (Å²) in [5.41, 5.74) is 0. The van der Waals surface area contributed by atoms with Gasteiger partial charge in [0.05, 0.1) is 0 Å². The Hall–Kier alpha value is -0.640. The highest BCUT2D eigenvalue weighted by atomic mass is 32.1. The van der Waals surface area contributed by atoms with Gasteiger partial charge in [-0.15, -0.1) is 10.2 Å². The van der Waals surface area contributed by atoms with Crippen molar-refractivity contribution in [1.29, 1.82) is 0 Å². The normalized spacial score (nSPS) is 29.6. The molecule has 1 aromatic rings. The molecule has 3 unspecified atom stereocenters. The lowest BCUT2D eigenvalue weighted by atomic mass is 9.74. The number of rotatable bonds is 3. The molecule has 4 heteroatoms. The first kappa shape index (κ1) is 12.8. The standard InChI is InChI=1S/C13H23N3S/c1-8(2)11-6-5-9(3)7-12(11)14-13-16-15-10(4)17-13/h8-9,11-12H,5-7H2,1-4H3,(H,14,16). The molecule has 1 fully saturated rings. The van der Waals surface area contributed by atoms with E-state index >= 15 is 0 Å². The van der Waals surface area contributed by atoms with Crippen molar-refractivity contribution in [3.05, 3.63) is 5.01 Å². The van der Waals surface area contributed by atoms with Crippen LogP contribution >= 0.6 is 11.3 Å². The molecule has 1 aliphatic rings. The van der Waals surface area contributed by atoms with Gasteiger partial charge in [-0.3, -0.25) is 0 Å². The molecule has 1 aromatic heterocycles. The van der Waals surface area contributed by atoms with Crippen LogP contribution in [0.4, 0.5) is 5.13 Å². The third-order valence-electron chi connectivity index (χ3n) is 3.86. The second-order valence-electron chi connectivity index (χ2n) is 5.70. The second kappa shape index (κ2) is 5.34. The van der Waals surface area contributed by atoms with Crippen LogP contribution in [-0.2, 0) is 0 Å². The van der Waals surface area contributed by atoms with E-state index in [1.807, 2.05) is 6.92 Å². The minimum absolute atomic E-state index is 0.575. The third-order valence-corrected chi connectivity index (χ3v) is 4.63. The number of nitrogens with zero attached hydrogens (tertiary/aromatic N) is 2. The predicted molar refractivity (Wildman–Crippen MR) is 73.4 cm³/mol. The van der Waals surface area contributed by atoms with E-state index in [9.17, 15) is 0 Å². The van der Waals surface area contributed by atoms with Gasteiger partial charge in [0.15, 0.2) is 0 Å². The Bertz CT molecular complexity index is 361. The number of aryl methyl sites for hydroxylation is 1. The second-order valence-corrected chi connectivity index (χ2v) is 6.88. The largest absolute Gasteiger partial charge is 0.357 e. The maximum atomic E-state index is 4.19. The average Bonchev–Trinajstić information content (AvgIpc) is 2.63. The van der Waals surface area contributed by atoms with Crippen LogP contribution in [0.1, 0.15) is 45.0 Å². The molecular weight excluding hydrogens is 230 g/mol. The first-order chi connectivity index (χ1) is 8.06. The van der Waals surface area contributed by atoms with Crippen molar-refractivity contribution in [3.63, 3.8) is 0 Å². The van der Waals surface area contributed by atoms with E-state index in [1.54, 1.807) is 11.3 Å². The van der Waals surface area contributed by atoms with Crippen LogP contribution < -0.4 is 5.32 Å². The molecule has 0 radical (unpaired) electrons. The molecule has 0 aliphatic heterocycles. The number of anilines is 1. The Morgan fingerprint density at radius 1 is 1.29 bits per heavy atom. The molecule has 3 nitrogen and oxygen atoms in total. The van der Waals surface area contributed by atoms with Gasteiger partial charge >= 0.3 is 0 Å². The lowest BCUT2D eigenvalue weighted by molar-refractivity contribution is 0.212. The number of hydrogen-bond donors (Lipinski definition) is 1. The maximum Gasteiger partial charge on any atom is 0.205 e. The summed E-state index contributed by atoms with van der Waals surface area (Å²) < 4.78 is 0. The molecule has 3 atom stereocenters. The van der Waals surface area contributed by atoms with Crippen molar-refractivity contribution >= 4 is 16.5 Å². The van der Waals surface area contributed by atoms with Gasteiger partial charge < -0.3 is 5.32 Å². The zero-order valence-corrected chi connectivity index (χ0v) is 12.0. The Morgan fingerprint density at radius 3 is 2.65 bits per heavy atom. The lowest BCUT2D eigenvalue weighted by Gasteiger charge is -2.37. The van der Waals surface area contributed by atoms with Crippen LogP contribution in [0.2, 0.25) is 0 Å². The van der Waals surface area contributed by atoms with E-state index in [4.69, 9.17) is 0 Å². The molecule has 0 spiro atoms. The minimum atomic E-state index is 0.575. The van der Waals surface area contributed by atoms with Gasteiger partial charge in [-0.1, -0.05) is 38.5 Å². The molecule has 1 heterocycles. The Kier molecular flexibility index (Phi) is 4.02. The van der Waals surface area contributed by atoms with Crippen LogP contribution in [0.5, 0.6) is 0 Å². The van der Waals surface area contributed by atoms with Gasteiger partial charge in [0.25, 0.3) is 0 Å². The highest BCUT2D eigenvalue weighted by Gasteiger charge is 2.31. The van der Waals surface area contributed by atoms with Crippen molar-refractivity contribution in [2.45, 2.75) is 53.0 Å². The molecule has 0 bridgehead atoms. The topological polar surface area (TPSA) is 37.8 Å². The van der Waals surface area contributed by atoms with Crippen LogP contribution in [-0.4, -0.2) is 16.2 Å². The fourth-order valence-corrected chi connectivity index (χ4v) is 3.54. The Morgan fingerprint density at radius 2 is 2.06 bits per heavy atom. The average molecular weight is 253 g/mol. The first-order valence-electron chi connectivity index (χ1n) is 6.63. The summed E-state index contributed by atoms with van der Waals surface area (Å²) in [7, 11) is 0. The van der Waals surface area contributed by atoms with Gasteiger partial charge in [0.2, 0.25) is 5.13 Å². The summed E-state index contributed by atoms with van der Waals surface area (Å²) in [4.78, 5) is 0. The highest BCUT2D eigenvalue weighted by molar-refractivity contribution is 7.15. The molecular formula is C13H23N3S. The summed E-state index contributed by atoms with van der Waals surface area (Å²) in [6, 6.07) is 0.575. The molecule has 1 saturated carbocycles. The van der Waals surface area contributed by atoms with Crippen molar-refractivity contribution in [2.24, 2.45) is 17.8 Å². The van der Waals surface area contributed by atoms with E-state index in [1.165, 1.54) is 19.3 Å². The first-order valence-corrected chi connectivity index (χ1v) is 7.44. The minimum Gasteiger partial charge on any atom is -0.357 e. The van der Waals surface area contributed by atoms with Crippen LogP contribution in [0.15, 0.2) is 0 Å². The van der Waals surface area contributed by atoms with E-state index in [0.717, 1.165) is 27.9 Å². The lowest BCUT2D eigenvalue weighted by Crippen LogP contribution is -2.37. The van der Waals surface area contributed by atoms with Crippen LogP contribution in [0.3, 0.4) is 0 Å². The Balaban J connectivity index is 2.04. The van der Waals surface area contributed by atoms with Gasteiger partial charge in [-0.05, 0) is 37.5 Å². The third kappa shape index (κ3) is 3.18. The van der Waals surface area contributed by atoms with Crippen LogP contribution in [0, 0.1) is 24.7 Å². The molecule has 0 saturated heterocycles. The molecule has 1 N–H and O–H groups in total. The van der Waals surface area contributed by atoms with Gasteiger partial charge in [0.1, 0.15) is 5.01 Å². The molecule has 96 valence electrons. The fourth-order valence-electron chi connectivity index (χ4n) is 2.88. The van der Waals surface area contributed by atoms with Gasteiger partial charge in [-0.25, -0.2) is 0 Å². The van der Waals surface area contributed by atoms with Gasteiger partial charge in [0, 0.05) is 6.04 Å². The van der Waals surface area contributed by atoms with Crippen molar-refractivity contribution in [2.75, 3.05) is 5.32 Å². The van der Waals surface area contributed by atoms with E-state index in [2.05, 4.69) is 36.3 Å². The van der Waals surface area contributed by atoms with E-state index in [0.29, 0.717) is 6.04 Å². The van der Waals surface area contributed by atoms with Crippen molar-refractivity contribution in [1.82, 2.24) is 10.2 Å². The summed E-state index contributed by atoms with van der Waals surface area (Å²) in [6.07, 6.45) is 3.98. The summed E-state index contributed by atoms with van der Waals surface area (Å²) in [6.45, 7) is 9.03.